The van der Waals surface area contributed by atoms with E-state index in [1.54, 1.807) is 13.2 Å². The molecule has 0 heterocycles. The zero-order valence-electron chi connectivity index (χ0n) is 12.5. The Kier molecular flexibility index (Phi) is 4.82. The monoisotopic (exact) mass is 285 g/mol. The Morgan fingerprint density at radius 1 is 1.00 bits per heavy atom. The molecule has 0 aliphatic rings. The van der Waals surface area contributed by atoms with E-state index in [1.807, 2.05) is 50.2 Å². The van der Waals surface area contributed by atoms with Gasteiger partial charge in [-0.15, -0.1) is 0 Å². The molecular formula is C17H19NO3. The minimum atomic E-state index is -0.207. The van der Waals surface area contributed by atoms with Gasteiger partial charge in [0.2, 0.25) is 0 Å². The molecule has 0 unspecified atom stereocenters. The summed E-state index contributed by atoms with van der Waals surface area (Å²) in [5.74, 6) is 0.974. The average molecular weight is 285 g/mol. The highest BCUT2D eigenvalue weighted by molar-refractivity contribution is 5.91. The fourth-order valence-electron chi connectivity index (χ4n) is 1.87. The SMILES string of the molecule is COc1cc(C)ccc1OCC(=O)Nc1ccc(C)cc1. The summed E-state index contributed by atoms with van der Waals surface area (Å²) in [6.07, 6.45) is 0. The van der Waals surface area contributed by atoms with E-state index in [1.165, 1.54) is 0 Å². The van der Waals surface area contributed by atoms with Gasteiger partial charge in [0.1, 0.15) is 0 Å². The minimum absolute atomic E-state index is 0.0622. The molecule has 21 heavy (non-hydrogen) atoms. The zero-order chi connectivity index (χ0) is 15.2. The van der Waals surface area contributed by atoms with Gasteiger partial charge in [0, 0.05) is 5.69 Å². The summed E-state index contributed by atoms with van der Waals surface area (Å²) in [5, 5.41) is 2.78. The van der Waals surface area contributed by atoms with Gasteiger partial charge in [-0.05, 0) is 43.7 Å². The van der Waals surface area contributed by atoms with E-state index in [-0.39, 0.29) is 12.5 Å². The molecule has 0 bridgehead atoms. The molecule has 0 saturated heterocycles. The van der Waals surface area contributed by atoms with E-state index in [2.05, 4.69) is 5.32 Å². The van der Waals surface area contributed by atoms with Gasteiger partial charge in [0.05, 0.1) is 7.11 Å². The van der Waals surface area contributed by atoms with Crippen LogP contribution < -0.4 is 14.8 Å². The van der Waals surface area contributed by atoms with Crippen molar-refractivity contribution in [3.63, 3.8) is 0 Å². The highest BCUT2D eigenvalue weighted by Crippen LogP contribution is 2.27. The van der Waals surface area contributed by atoms with Gasteiger partial charge in [0.25, 0.3) is 5.91 Å². The smallest absolute Gasteiger partial charge is 0.262 e. The number of ether oxygens (including phenoxy) is 2. The lowest BCUT2D eigenvalue weighted by atomic mass is 10.2. The highest BCUT2D eigenvalue weighted by atomic mass is 16.5. The van der Waals surface area contributed by atoms with E-state index < -0.39 is 0 Å². The summed E-state index contributed by atoms with van der Waals surface area (Å²) in [6.45, 7) is 3.90. The first kappa shape index (κ1) is 14.9. The van der Waals surface area contributed by atoms with Gasteiger partial charge in [-0.2, -0.15) is 0 Å². The van der Waals surface area contributed by atoms with Crippen LogP contribution in [0.4, 0.5) is 5.69 Å². The van der Waals surface area contributed by atoms with Crippen molar-refractivity contribution < 1.29 is 14.3 Å². The molecule has 0 atom stereocenters. The first-order valence-electron chi connectivity index (χ1n) is 6.72. The average Bonchev–Trinajstić information content (AvgIpc) is 2.48. The van der Waals surface area contributed by atoms with Crippen molar-refractivity contribution in [3.05, 3.63) is 53.6 Å². The third-order valence-corrected chi connectivity index (χ3v) is 3.01. The Balaban J connectivity index is 1.93. The van der Waals surface area contributed by atoms with Crippen LogP contribution in [0.25, 0.3) is 0 Å². The Morgan fingerprint density at radius 3 is 2.33 bits per heavy atom. The predicted octanol–water partition coefficient (Wildman–Crippen LogP) is 3.33. The molecule has 1 N–H and O–H groups in total. The molecule has 0 aliphatic carbocycles. The molecule has 0 radical (unpaired) electrons. The number of anilines is 1. The van der Waals surface area contributed by atoms with Crippen molar-refractivity contribution in [3.8, 4) is 11.5 Å². The summed E-state index contributed by atoms with van der Waals surface area (Å²) in [6, 6.07) is 13.2. The number of methoxy groups -OCH3 is 1. The molecule has 0 saturated carbocycles. The van der Waals surface area contributed by atoms with Gasteiger partial charge in [-0.25, -0.2) is 0 Å². The van der Waals surface area contributed by atoms with E-state index in [0.29, 0.717) is 11.5 Å². The lowest BCUT2D eigenvalue weighted by molar-refractivity contribution is -0.118. The van der Waals surface area contributed by atoms with Gasteiger partial charge in [-0.1, -0.05) is 23.8 Å². The fourth-order valence-corrected chi connectivity index (χ4v) is 1.87. The lowest BCUT2D eigenvalue weighted by Crippen LogP contribution is -2.20. The van der Waals surface area contributed by atoms with Crippen molar-refractivity contribution in [1.29, 1.82) is 0 Å². The van der Waals surface area contributed by atoms with Crippen molar-refractivity contribution in [2.24, 2.45) is 0 Å². The molecule has 2 rings (SSSR count). The number of rotatable bonds is 5. The van der Waals surface area contributed by atoms with Crippen LogP contribution in [-0.2, 0) is 4.79 Å². The minimum Gasteiger partial charge on any atom is -0.493 e. The van der Waals surface area contributed by atoms with Crippen LogP contribution in [-0.4, -0.2) is 19.6 Å². The molecule has 0 spiro atoms. The molecule has 2 aromatic rings. The zero-order valence-corrected chi connectivity index (χ0v) is 12.5. The molecule has 4 heteroatoms. The van der Waals surface area contributed by atoms with Gasteiger partial charge in [-0.3, -0.25) is 4.79 Å². The number of benzene rings is 2. The van der Waals surface area contributed by atoms with E-state index in [4.69, 9.17) is 9.47 Å². The third-order valence-electron chi connectivity index (χ3n) is 3.01. The highest BCUT2D eigenvalue weighted by Gasteiger charge is 2.08. The van der Waals surface area contributed by atoms with E-state index in [9.17, 15) is 4.79 Å². The second-order valence-electron chi connectivity index (χ2n) is 4.86. The molecule has 0 fully saturated rings. The standard InChI is InChI=1S/C17H19NO3/c1-12-4-7-14(8-5-12)18-17(19)11-21-15-9-6-13(2)10-16(15)20-3/h4-10H,11H2,1-3H3,(H,18,19). The number of carbonyl (C=O) groups excluding carboxylic acids is 1. The second-order valence-corrected chi connectivity index (χ2v) is 4.86. The van der Waals surface area contributed by atoms with Crippen molar-refractivity contribution in [1.82, 2.24) is 0 Å². The van der Waals surface area contributed by atoms with Crippen LogP contribution in [0, 0.1) is 13.8 Å². The first-order valence-corrected chi connectivity index (χ1v) is 6.72. The summed E-state index contributed by atoms with van der Waals surface area (Å²) >= 11 is 0. The predicted molar refractivity (Wildman–Crippen MR) is 83.0 cm³/mol. The summed E-state index contributed by atoms with van der Waals surface area (Å²) in [4.78, 5) is 11.9. The Morgan fingerprint density at radius 2 is 1.67 bits per heavy atom. The van der Waals surface area contributed by atoms with Gasteiger partial charge in [0.15, 0.2) is 18.1 Å². The molecule has 4 nitrogen and oxygen atoms in total. The van der Waals surface area contributed by atoms with Gasteiger partial charge < -0.3 is 14.8 Å². The number of aryl methyl sites for hydroxylation is 2. The van der Waals surface area contributed by atoms with Crippen LogP contribution in [0.5, 0.6) is 11.5 Å². The number of amides is 1. The van der Waals surface area contributed by atoms with Crippen molar-refractivity contribution in [2.75, 3.05) is 19.0 Å². The van der Waals surface area contributed by atoms with Crippen molar-refractivity contribution >= 4 is 11.6 Å². The maximum absolute atomic E-state index is 11.9. The molecule has 1 amide bonds. The quantitative estimate of drug-likeness (QED) is 0.916. The Labute approximate surface area is 124 Å². The van der Waals surface area contributed by atoms with Crippen LogP contribution in [0.2, 0.25) is 0 Å². The molecule has 2 aromatic carbocycles. The molecule has 0 aromatic heterocycles. The Hall–Kier alpha value is -2.49. The van der Waals surface area contributed by atoms with Crippen LogP contribution in [0.1, 0.15) is 11.1 Å². The number of nitrogens with one attached hydrogen (secondary N) is 1. The van der Waals surface area contributed by atoms with E-state index in [0.717, 1.165) is 16.8 Å². The topological polar surface area (TPSA) is 47.6 Å². The van der Waals surface area contributed by atoms with E-state index >= 15 is 0 Å². The second kappa shape index (κ2) is 6.79. The fraction of sp³-hybridized carbons (Fsp3) is 0.235. The maximum Gasteiger partial charge on any atom is 0.262 e. The molecular weight excluding hydrogens is 266 g/mol. The van der Waals surface area contributed by atoms with Crippen molar-refractivity contribution in [2.45, 2.75) is 13.8 Å². The van der Waals surface area contributed by atoms with Crippen LogP contribution in [0.3, 0.4) is 0 Å². The van der Waals surface area contributed by atoms with Crippen LogP contribution >= 0.6 is 0 Å². The lowest BCUT2D eigenvalue weighted by Gasteiger charge is -2.11. The Bertz CT molecular complexity index is 620. The largest absolute Gasteiger partial charge is 0.493 e. The summed E-state index contributed by atoms with van der Waals surface area (Å²) in [7, 11) is 1.58. The van der Waals surface area contributed by atoms with Crippen LogP contribution in [0.15, 0.2) is 42.5 Å². The molecule has 110 valence electrons. The third kappa shape index (κ3) is 4.24. The maximum atomic E-state index is 11.9. The van der Waals surface area contributed by atoms with Gasteiger partial charge >= 0.3 is 0 Å². The number of carbonyl (C=O) groups is 1. The number of hydrogen-bond donors (Lipinski definition) is 1. The summed E-state index contributed by atoms with van der Waals surface area (Å²) < 4.78 is 10.7. The first-order chi connectivity index (χ1) is 10.1. The summed E-state index contributed by atoms with van der Waals surface area (Å²) in [5.41, 5.74) is 2.97. The molecule has 0 aliphatic heterocycles. The number of hydrogen-bond acceptors (Lipinski definition) is 3. The normalized spacial score (nSPS) is 10.0.